The molecule has 0 fully saturated rings. The van der Waals surface area contributed by atoms with Gasteiger partial charge in [-0.2, -0.15) is 10.2 Å². The highest BCUT2D eigenvalue weighted by atomic mass is 35.5. The molecule has 29 heavy (non-hydrogen) atoms. The highest BCUT2D eigenvalue weighted by Gasteiger charge is 2.17. The third kappa shape index (κ3) is 3.85. The van der Waals surface area contributed by atoms with E-state index in [1.54, 1.807) is 0 Å². The van der Waals surface area contributed by atoms with Crippen molar-refractivity contribution in [1.29, 1.82) is 0 Å². The lowest BCUT2D eigenvalue weighted by Crippen LogP contribution is -2.24. The van der Waals surface area contributed by atoms with Crippen LogP contribution in [0.4, 0.5) is 0 Å². The van der Waals surface area contributed by atoms with E-state index >= 15 is 0 Å². The second-order valence-electron chi connectivity index (χ2n) is 6.54. The van der Waals surface area contributed by atoms with Gasteiger partial charge in [-0.15, -0.1) is 11.3 Å². The van der Waals surface area contributed by atoms with Crippen LogP contribution in [0.2, 0.25) is 5.02 Å². The zero-order valence-electron chi connectivity index (χ0n) is 15.9. The van der Waals surface area contributed by atoms with Crippen molar-refractivity contribution in [2.45, 2.75) is 33.5 Å². The smallest absolute Gasteiger partial charge is 0.261 e. The maximum atomic E-state index is 12.7. The minimum Gasteiger partial charge on any atom is -0.344 e. The Morgan fingerprint density at radius 3 is 2.93 bits per heavy atom. The van der Waals surface area contributed by atoms with Gasteiger partial charge in [0.15, 0.2) is 10.6 Å². The first-order chi connectivity index (χ1) is 14.0. The van der Waals surface area contributed by atoms with Crippen LogP contribution in [0.15, 0.2) is 30.3 Å². The fourth-order valence-corrected chi connectivity index (χ4v) is 4.73. The molecule has 10 heteroatoms. The first kappa shape index (κ1) is 19.8. The van der Waals surface area contributed by atoms with Crippen molar-refractivity contribution in [2.24, 2.45) is 0 Å². The number of aryl methyl sites for hydroxylation is 1. The van der Waals surface area contributed by atoms with Crippen LogP contribution in [-0.4, -0.2) is 30.5 Å². The van der Waals surface area contributed by atoms with Crippen LogP contribution in [0, 0.1) is 11.7 Å². The Balaban J connectivity index is 1.56. The Hall–Kier alpha value is -2.49. The molecule has 0 bridgehead atoms. The summed E-state index contributed by atoms with van der Waals surface area (Å²) in [7, 11) is 0. The van der Waals surface area contributed by atoms with E-state index in [9.17, 15) is 4.79 Å². The second-order valence-corrected chi connectivity index (χ2v) is 8.36. The van der Waals surface area contributed by atoms with Crippen LogP contribution in [0.1, 0.15) is 33.7 Å². The summed E-state index contributed by atoms with van der Waals surface area (Å²) < 4.78 is 4.30. The third-order valence-electron chi connectivity index (χ3n) is 4.67. The van der Waals surface area contributed by atoms with E-state index in [2.05, 4.69) is 20.6 Å². The maximum absolute atomic E-state index is 12.7. The lowest BCUT2D eigenvalue weighted by molar-refractivity contribution is 0.0953. The highest BCUT2D eigenvalue weighted by molar-refractivity contribution is 7.71. The number of hydrogen-bond acceptors (Lipinski definition) is 5. The van der Waals surface area contributed by atoms with Crippen molar-refractivity contribution >= 4 is 51.3 Å². The van der Waals surface area contributed by atoms with Crippen molar-refractivity contribution in [3.05, 3.63) is 62.1 Å². The predicted octanol–water partition coefficient (Wildman–Crippen LogP) is 4.31. The Labute approximate surface area is 181 Å². The normalized spacial score (nSPS) is 11.3. The molecule has 0 saturated carbocycles. The number of aromatic amines is 1. The molecule has 7 nitrogen and oxygen atoms in total. The molecule has 150 valence electrons. The van der Waals surface area contributed by atoms with E-state index in [0.29, 0.717) is 40.1 Å². The number of hydrogen-bond donors (Lipinski definition) is 2. The summed E-state index contributed by atoms with van der Waals surface area (Å²) in [6, 6.07) is 9.59. The number of halogens is 1. The van der Waals surface area contributed by atoms with E-state index in [1.807, 2.05) is 53.4 Å². The summed E-state index contributed by atoms with van der Waals surface area (Å²) in [5, 5.41) is 16.1. The standard InChI is InChI=1S/C19H19ClN6OS2/c1-3-25-16(22-23-19(25)28)9-21-17(27)15-8-13-11(2)24-26(18(13)29-15)10-12-6-4-5-7-14(12)20/h4-8H,3,9-10H2,1-2H3,(H,21,27)(H,23,28). The quantitative estimate of drug-likeness (QED) is 0.432. The number of nitrogens with zero attached hydrogens (tertiary/aromatic N) is 4. The van der Waals surface area contributed by atoms with Gasteiger partial charge in [0, 0.05) is 17.0 Å². The van der Waals surface area contributed by atoms with E-state index < -0.39 is 0 Å². The van der Waals surface area contributed by atoms with Gasteiger partial charge in [0.2, 0.25) is 0 Å². The van der Waals surface area contributed by atoms with Crippen molar-refractivity contribution in [2.75, 3.05) is 0 Å². The van der Waals surface area contributed by atoms with Gasteiger partial charge in [0.1, 0.15) is 4.83 Å². The predicted molar refractivity (Wildman–Crippen MR) is 117 cm³/mol. The van der Waals surface area contributed by atoms with Crippen LogP contribution in [-0.2, 0) is 19.6 Å². The van der Waals surface area contributed by atoms with Crippen molar-refractivity contribution < 1.29 is 4.79 Å². The number of carbonyl (C=O) groups excluding carboxylic acids is 1. The van der Waals surface area contributed by atoms with Gasteiger partial charge in [-0.05, 0) is 43.8 Å². The molecule has 3 aromatic heterocycles. The fourth-order valence-electron chi connectivity index (χ4n) is 3.18. The van der Waals surface area contributed by atoms with Crippen LogP contribution < -0.4 is 5.32 Å². The molecule has 0 saturated heterocycles. The summed E-state index contributed by atoms with van der Waals surface area (Å²) >= 11 is 12.9. The molecule has 2 N–H and O–H groups in total. The number of aromatic nitrogens is 5. The molecule has 3 heterocycles. The van der Waals surface area contributed by atoms with Gasteiger partial charge in [-0.25, -0.2) is 0 Å². The van der Waals surface area contributed by atoms with E-state index in [0.717, 1.165) is 21.5 Å². The van der Waals surface area contributed by atoms with Gasteiger partial charge >= 0.3 is 0 Å². The summed E-state index contributed by atoms with van der Waals surface area (Å²) in [5.74, 6) is 0.555. The average Bonchev–Trinajstić information content (AvgIpc) is 3.37. The van der Waals surface area contributed by atoms with Crippen molar-refractivity contribution in [3.8, 4) is 0 Å². The Morgan fingerprint density at radius 1 is 1.38 bits per heavy atom. The highest BCUT2D eigenvalue weighted by Crippen LogP contribution is 2.29. The number of H-pyrrole nitrogens is 1. The van der Waals surface area contributed by atoms with E-state index in [-0.39, 0.29) is 5.91 Å². The van der Waals surface area contributed by atoms with Gasteiger partial charge in [-0.1, -0.05) is 29.8 Å². The lowest BCUT2D eigenvalue weighted by atomic mass is 10.2. The topological polar surface area (TPSA) is 80.5 Å². The third-order valence-corrected chi connectivity index (χ3v) is 6.50. The Bertz CT molecular complexity index is 1250. The lowest BCUT2D eigenvalue weighted by Gasteiger charge is -2.05. The van der Waals surface area contributed by atoms with E-state index in [4.69, 9.17) is 23.8 Å². The molecule has 4 rings (SSSR count). The summed E-state index contributed by atoms with van der Waals surface area (Å²) in [6.07, 6.45) is 0. The molecule has 0 aliphatic carbocycles. The molecule has 0 unspecified atom stereocenters. The van der Waals surface area contributed by atoms with E-state index in [1.165, 1.54) is 11.3 Å². The van der Waals surface area contributed by atoms with Gasteiger partial charge < -0.3 is 9.88 Å². The number of carbonyl (C=O) groups is 1. The number of nitrogens with one attached hydrogen (secondary N) is 2. The molecule has 0 aliphatic rings. The molecule has 0 atom stereocenters. The number of amides is 1. The molecule has 4 aromatic rings. The SMILES string of the molecule is CCn1c(CNC(=O)c2cc3c(C)nn(Cc4ccccc4Cl)c3s2)n[nH]c1=S. The zero-order valence-corrected chi connectivity index (χ0v) is 18.3. The van der Waals surface area contributed by atoms with Crippen LogP contribution in [0.25, 0.3) is 10.2 Å². The van der Waals surface area contributed by atoms with Gasteiger partial charge in [0.25, 0.3) is 5.91 Å². The number of fused-ring (bicyclic) bond motifs is 1. The average molecular weight is 447 g/mol. The number of benzene rings is 1. The van der Waals surface area contributed by atoms with Crippen LogP contribution in [0.3, 0.4) is 0 Å². The summed E-state index contributed by atoms with van der Waals surface area (Å²) in [6.45, 7) is 5.48. The van der Waals surface area contributed by atoms with Crippen molar-refractivity contribution in [1.82, 2.24) is 29.9 Å². The largest absolute Gasteiger partial charge is 0.344 e. The van der Waals surface area contributed by atoms with Crippen molar-refractivity contribution in [3.63, 3.8) is 0 Å². The number of thiophene rings is 1. The monoisotopic (exact) mass is 446 g/mol. The summed E-state index contributed by atoms with van der Waals surface area (Å²) in [5.41, 5.74) is 1.87. The van der Waals surface area contributed by atoms with Gasteiger partial charge in [-0.3, -0.25) is 14.6 Å². The minimum atomic E-state index is -0.147. The first-order valence-electron chi connectivity index (χ1n) is 9.10. The number of rotatable bonds is 6. The fraction of sp³-hybridized carbons (Fsp3) is 0.263. The Morgan fingerprint density at radius 2 is 2.17 bits per heavy atom. The molecule has 1 aromatic carbocycles. The maximum Gasteiger partial charge on any atom is 0.261 e. The molecular weight excluding hydrogens is 428 g/mol. The molecule has 0 spiro atoms. The molecule has 1 amide bonds. The van der Waals surface area contributed by atoms with Crippen LogP contribution >= 0.6 is 35.2 Å². The second kappa shape index (κ2) is 8.10. The molecular formula is C19H19ClN6OS2. The minimum absolute atomic E-state index is 0.147. The van der Waals surface area contributed by atoms with Crippen LogP contribution in [0.5, 0.6) is 0 Å². The first-order valence-corrected chi connectivity index (χ1v) is 10.7. The Kier molecular flexibility index (Phi) is 5.53. The molecule has 0 aliphatic heterocycles. The van der Waals surface area contributed by atoms with Gasteiger partial charge in [0.05, 0.1) is 23.7 Å². The zero-order chi connectivity index (χ0) is 20.5. The summed E-state index contributed by atoms with van der Waals surface area (Å²) in [4.78, 5) is 14.3. The molecule has 0 radical (unpaired) electrons.